The van der Waals surface area contributed by atoms with Gasteiger partial charge in [-0.2, -0.15) is 0 Å². The maximum Gasteiger partial charge on any atom is 0.159 e. The van der Waals surface area contributed by atoms with E-state index in [9.17, 15) is 0 Å². The van der Waals surface area contributed by atoms with Crippen LogP contribution in [0.5, 0.6) is 0 Å². The van der Waals surface area contributed by atoms with Gasteiger partial charge in [-0.25, -0.2) is 0 Å². The molecule has 1 aliphatic carbocycles. The van der Waals surface area contributed by atoms with Gasteiger partial charge in [-0.1, -0.05) is 176 Å². The van der Waals surface area contributed by atoms with Crippen LogP contribution in [-0.2, 0) is 5.41 Å². The average Bonchev–Trinajstić information content (AvgIpc) is 4.01. The third kappa shape index (κ3) is 5.69. The molecule has 2 aromatic heterocycles. The predicted octanol–water partition coefficient (Wildman–Crippen LogP) is 16.8. The Morgan fingerprint density at radius 1 is 0.385 bits per heavy atom. The summed E-state index contributed by atoms with van der Waals surface area (Å²) in [6, 6.07) is 86.0. The van der Waals surface area contributed by atoms with Crippen molar-refractivity contribution in [1.82, 2.24) is 4.57 Å². The van der Waals surface area contributed by atoms with Crippen LogP contribution in [0.15, 0.2) is 241 Å². The Hall–Kier alpha value is -8.40. The van der Waals surface area contributed by atoms with Crippen molar-refractivity contribution < 1.29 is 4.42 Å². The molecule has 0 N–H and O–H groups in total. The second-order valence-corrected chi connectivity index (χ2v) is 17.4. The minimum absolute atomic E-state index is 0.428. The Bertz CT molecular complexity index is 3750. The Morgan fingerprint density at radius 3 is 1.74 bits per heavy atom. The van der Waals surface area contributed by atoms with Crippen molar-refractivity contribution >= 4 is 60.8 Å². The van der Waals surface area contributed by atoms with Crippen LogP contribution >= 0.6 is 0 Å². The van der Waals surface area contributed by atoms with Crippen LogP contribution in [-0.4, -0.2) is 4.57 Å². The molecule has 3 heteroatoms. The van der Waals surface area contributed by atoms with Gasteiger partial charge in [-0.15, -0.1) is 0 Å². The molecule has 0 saturated carbocycles. The maximum atomic E-state index is 6.84. The first-order valence-electron chi connectivity index (χ1n) is 22.4. The van der Waals surface area contributed by atoms with Crippen molar-refractivity contribution in [2.75, 3.05) is 4.90 Å². The summed E-state index contributed by atoms with van der Waals surface area (Å²) >= 11 is 0. The van der Waals surface area contributed by atoms with Gasteiger partial charge in [-0.3, -0.25) is 0 Å². The fourth-order valence-corrected chi connectivity index (χ4v) is 10.8. The maximum absolute atomic E-state index is 6.84. The van der Waals surface area contributed by atoms with Crippen LogP contribution in [0.2, 0.25) is 0 Å². The zero-order valence-electron chi connectivity index (χ0n) is 35.8. The highest BCUT2D eigenvalue weighted by Crippen LogP contribution is 2.56. The number of nitrogens with zero attached hydrogens (tertiary/aromatic N) is 2. The normalized spacial score (nSPS) is 12.8. The number of hydrogen-bond donors (Lipinski definition) is 0. The highest BCUT2D eigenvalue weighted by atomic mass is 16.3. The van der Waals surface area contributed by atoms with E-state index in [0.717, 1.165) is 55.8 Å². The second-order valence-electron chi connectivity index (χ2n) is 17.4. The van der Waals surface area contributed by atoms with Gasteiger partial charge in [0.15, 0.2) is 5.58 Å². The largest absolute Gasteiger partial charge is 0.454 e. The van der Waals surface area contributed by atoms with Crippen LogP contribution in [0.1, 0.15) is 23.6 Å². The monoisotopic (exact) mass is 830 g/mol. The number of fused-ring (bicyclic) bond motifs is 9. The number of anilines is 3. The molecule has 0 atom stereocenters. The molecule has 0 radical (unpaired) electrons. The van der Waals surface area contributed by atoms with Crippen LogP contribution < -0.4 is 4.90 Å². The summed E-state index contributed by atoms with van der Waals surface area (Å²) in [5.41, 5.74) is 19.1. The third-order valence-corrected chi connectivity index (χ3v) is 13.9. The number of rotatable bonds is 7. The average molecular weight is 831 g/mol. The molecule has 1 aliphatic rings. The van der Waals surface area contributed by atoms with Crippen molar-refractivity contribution in [3.05, 3.63) is 253 Å². The molecule has 0 amide bonds. The van der Waals surface area contributed by atoms with E-state index in [1.807, 2.05) is 6.07 Å². The molecule has 0 bridgehead atoms. The van der Waals surface area contributed by atoms with E-state index in [-0.39, 0.29) is 0 Å². The van der Waals surface area contributed by atoms with Crippen molar-refractivity contribution in [3.63, 3.8) is 0 Å². The lowest BCUT2D eigenvalue weighted by atomic mass is 9.73. The van der Waals surface area contributed by atoms with Gasteiger partial charge in [0.25, 0.3) is 0 Å². The molecule has 13 rings (SSSR count). The molecule has 0 fully saturated rings. The van der Waals surface area contributed by atoms with Crippen LogP contribution in [0, 0.1) is 0 Å². The molecule has 0 saturated heterocycles. The first kappa shape index (κ1) is 37.2. The van der Waals surface area contributed by atoms with E-state index in [2.05, 4.69) is 247 Å². The van der Waals surface area contributed by atoms with E-state index >= 15 is 0 Å². The first-order chi connectivity index (χ1) is 32.1. The first-order valence-corrected chi connectivity index (χ1v) is 22.4. The molecule has 2 heterocycles. The Kier molecular flexibility index (Phi) is 8.34. The topological polar surface area (TPSA) is 21.3 Å². The van der Waals surface area contributed by atoms with E-state index in [1.165, 1.54) is 60.8 Å². The minimum atomic E-state index is -0.428. The zero-order valence-corrected chi connectivity index (χ0v) is 35.8. The number of hydrogen-bond acceptors (Lipinski definition) is 2. The lowest BCUT2D eigenvalue weighted by Gasteiger charge is -2.35. The van der Waals surface area contributed by atoms with Crippen molar-refractivity contribution in [2.45, 2.75) is 12.3 Å². The van der Waals surface area contributed by atoms with Crippen molar-refractivity contribution in [2.24, 2.45) is 0 Å². The van der Waals surface area contributed by atoms with Crippen molar-refractivity contribution in [3.8, 4) is 39.1 Å². The van der Waals surface area contributed by atoms with Crippen LogP contribution in [0.25, 0.3) is 82.8 Å². The van der Waals surface area contributed by atoms with Crippen LogP contribution in [0.4, 0.5) is 17.1 Å². The summed E-state index contributed by atoms with van der Waals surface area (Å²) in [7, 11) is 0. The second kappa shape index (κ2) is 14.6. The molecule has 3 nitrogen and oxygen atoms in total. The molecule has 0 unspecified atom stereocenters. The van der Waals surface area contributed by atoms with Gasteiger partial charge in [0.05, 0.1) is 22.4 Å². The predicted molar refractivity (Wildman–Crippen MR) is 271 cm³/mol. The summed E-state index contributed by atoms with van der Waals surface area (Å²) in [6.45, 7) is 2.40. The Morgan fingerprint density at radius 2 is 0.938 bits per heavy atom. The molecule has 65 heavy (non-hydrogen) atoms. The quantitative estimate of drug-likeness (QED) is 0.160. The third-order valence-electron chi connectivity index (χ3n) is 13.9. The van der Waals surface area contributed by atoms with E-state index in [4.69, 9.17) is 4.42 Å². The van der Waals surface area contributed by atoms with Gasteiger partial charge < -0.3 is 13.9 Å². The Labute approximate surface area is 377 Å². The SMILES string of the molecule is CC1(c2ccccc2N(c2cccc(-c3ccc4c(c3)c3ccccc3n4-c3ccc(-c4ccccc4)cc3)c2)c2cccc3c2oc2ccccc23)c2ccccc2-c2ccccc21. The van der Waals surface area contributed by atoms with Crippen LogP contribution in [0.3, 0.4) is 0 Å². The van der Waals surface area contributed by atoms with E-state index in [1.54, 1.807) is 0 Å². The van der Waals surface area contributed by atoms with Gasteiger partial charge >= 0.3 is 0 Å². The summed E-state index contributed by atoms with van der Waals surface area (Å²) in [4.78, 5) is 2.43. The molecule has 0 aliphatic heterocycles. The van der Waals surface area contributed by atoms with Crippen molar-refractivity contribution in [1.29, 1.82) is 0 Å². The van der Waals surface area contributed by atoms with E-state index in [0.29, 0.717) is 0 Å². The standard InChI is InChI=1S/C62H42N2O/c1-62(53-26-9-5-21-47(53)48-22-6-10-27-54(48)62)55-28-11-13-30-58(55)64(59-31-16-25-51-50-24-8-14-32-60(50)65-61(51)59)46-20-15-19-43(39-46)44-35-38-57-52(40-44)49-23-7-12-29-56(49)63(57)45-36-33-42(34-37-45)41-17-3-2-4-18-41/h2-40H,1H3. The number of benzene rings is 10. The smallest absolute Gasteiger partial charge is 0.159 e. The highest BCUT2D eigenvalue weighted by molar-refractivity contribution is 6.12. The lowest BCUT2D eigenvalue weighted by molar-refractivity contribution is 0.668. The lowest BCUT2D eigenvalue weighted by Crippen LogP contribution is -2.26. The molecular weight excluding hydrogens is 789 g/mol. The summed E-state index contributed by atoms with van der Waals surface area (Å²) in [5, 5.41) is 4.65. The van der Waals surface area contributed by atoms with Gasteiger partial charge in [0.2, 0.25) is 0 Å². The fourth-order valence-electron chi connectivity index (χ4n) is 10.8. The number of furan rings is 1. The number of aromatic nitrogens is 1. The van der Waals surface area contributed by atoms with Gasteiger partial charge in [0, 0.05) is 38.3 Å². The molecule has 12 aromatic rings. The molecule has 10 aromatic carbocycles. The summed E-state index contributed by atoms with van der Waals surface area (Å²) < 4.78 is 9.23. The minimum Gasteiger partial charge on any atom is -0.454 e. The molecule has 306 valence electrons. The summed E-state index contributed by atoms with van der Waals surface area (Å²) in [5.74, 6) is 0. The van der Waals surface area contributed by atoms with Gasteiger partial charge in [-0.05, 0) is 118 Å². The van der Waals surface area contributed by atoms with E-state index < -0.39 is 5.41 Å². The Balaban J connectivity index is 0.996. The summed E-state index contributed by atoms with van der Waals surface area (Å²) in [6.07, 6.45) is 0. The molecule has 0 spiro atoms. The zero-order chi connectivity index (χ0) is 43.1. The number of para-hydroxylation sites is 4. The highest BCUT2D eigenvalue weighted by Gasteiger charge is 2.42. The van der Waals surface area contributed by atoms with Gasteiger partial charge in [0.1, 0.15) is 5.58 Å². The molecular formula is C62H42N2O. The fraction of sp³-hybridized carbons (Fsp3) is 0.0323.